The van der Waals surface area contributed by atoms with Crippen molar-refractivity contribution in [1.82, 2.24) is 10.2 Å². The highest BCUT2D eigenvalue weighted by molar-refractivity contribution is 7.74. The maximum atomic E-state index is 15.1. The number of benzene rings is 3. The van der Waals surface area contributed by atoms with Gasteiger partial charge in [0.15, 0.2) is 5.44 Å². The SMILES string of the molecule is COc1ccc2c(c1)CC[C@@H]1[C@@H]2CC[C@]2(C)c3c(cnnc3P(=O)(Nc3ccccc3)Nc3ccccc3)C[C@@H]12. The number of nitrogens with zero attached hydrogens (tertiary/aromatic N) is 2. The average molecular weight is 551 g/mol. The van der Waals surface area contributed by atoms with Crippen molar-refractivity contribution in [2.75, 3.05) is 17.3 Å². The Morgan fingerprint density at radius 3 is 2.30 bits per heavy atom. The molecule has 7 rings (SSSR count). The molecule has 4 atom stereocenters. The van der Waals surface area contributed by atoms with Crippen LogP contribution in [0.3, 0.4) is 0 Å². The van der Waals surface area contributed by atoms with Crippen LogP contribution in [0.2, 0.25) is 0 Å². The molecule has 6 nitrogen and oxygen atoms in total. The topological polar surface area (TPSA) is 76.1 Å². The molecule has 0 amide bonds. The van der Waals surface area contributed by atoms with Gasteiger partial charge in [0.25, 0.3) is 0 Å². The second-order valence-corrected chi connectivity index (χ2v) is 13.9. The molecule has 1 fully saturated rings. The lowest BCUT2D eigenvalue weighted by Gasteiger charge is -2.49. The molecule has 1 saturated carbocycles. The van der Waals surface area contributed by atoms with Gasteiger partial charge in [0.05, 0.1) is 13.3 Å². The van der Waals surface area contributed by atoms with E-state index in [0.29, 0.717) is 23.2 Å². The van der Waals surface area contributed by atoms with E-state index in [9.17, 15) is 0 Å². The van der Waals surface area contributed by atoms with Gasteiger partial charge in [-0.05, 0) is 114 Å². The summed E-state index contributed by atoms with van der Waals surface area (Å²) < 4.78 is 20.6. The van der Waals surface area contributed by atoms with Gasteiger partial charge >= 0.3 is 7.44 Å². The quantitative estimate of drug-likeness (QED) is 0.250. The Hall–Kier alpha value is -3.63. The van der Waals surface area contributed by atoms with Crippen LogP contribution in [0.1, 0.15) is 54.4 Å². The van der Waals surface area contributed by atoms with E-state index in [1.54, 1.807) is 7.11 Å². The van der Waals surface area contributed by atoms with Crippen molar-refractivity contribution in [3.63, 3.8) is 0 Å². The summed E-state index contributed by atoms with van der Waals surface area (Å²) in [4.78, 5) is 0. The van der Waals surface area contributed by atoms with Crippen LogP contribution in [0.4, 0.5) is 11.4 Å². The Morgan fingerprint density at radius 2 is 1.62 bits per heavy atom. The van der Waals surface area contributed by atoms with Gasteiger partial charge in [0.2, 0.25) is 0 Å². The van der Waals surface area contributed by atoms with Crippen molar-refractivity contribution in [3.8, 4) is 5.75 Å². The number of nitrogens with one attached hydrogen (secondary N) is 2. The zero-order valence-corrected chi connectivity index (χ0v) is 23.9. The number of fused-ring (bicyclic) bond motifs is 7. The van der Waals surface area contributed by atoms with Crippen molar-refractivity contribution in [1.29, 1.82) is 0 Å². The van der Waals surface area contributed by atoms with Gasteiger partial charge in [0, 0.05) is 11.4 Å². The molecule has 0 spiro atoms. The molecule has 3 aromatic carbocycles. The molecule has 1 aromatic heterocycles. The number of hydrogen-bond donors (Lipinski definition) is 2. The smallest absolute Gasteiger partial charge is 0.307 e. The van der Waals surface area contributed by atoms with E-state index in [1.807, 2.05) is 66.9 Å². The first-order valence-electron chi connectivity index (χ1n) is 14.3. The van der Waals surface area contributed by atoms with Crippen LogP contribution in [0, 0.1) is 11.8 Å². The third-order valence-corrected chi connectivity index (χ3v) is 11.7. The molecular formula is C33H35N4O2P. The fraction of sp³-hybridized carbons (Fsp3) is 0.333. The molecule has 0 radical (unpaired) electrons. The van der Waals surface area contributed by atoms with Crippen molar-refractivity contribution < 1.29 is 9.30 Å². The van der Waals surface area contributed by atoms with Crippen LogP contribution in [0.25, 0.3) is 0 Å². The molecule has 40 heavy (non-hydrogen) atoms. The molecule has 2 N–H and O–H groups in total. The number of rotatable bonds is 6. The first-order valence-corrected chi connectivity index (χ1v) is 16.0. The van der Waals surface area contributed by atoms with Crippen molar-refractivity contribution in [2.24, 2.45) is 11.8 Å². The predicted octanol–water partition coefficient (Wildman–Crippen LogP) is 7.10. The summed E-state index contributed by atoms with van der Waals surface area (Å²) in [5.74, 6) is 2.52. The van der Waals surface area contributed by atoms with E-state index in [4.69, 9.17) is 4.74 Å². The highest BCUT2D eigenvalue weighted by atomic mass is 31.2. The Balaban J connectivity index is 1.29. The van der Waals surface area contributed by atoms with E-state index in [1.165, 1.54) is 16.7 Å². The van der Waals surface area contributed by atoms with Crippen LogP contribution in [0.5, 0.6) is 5.75 Å². The predicted molar refractivity (Wildman–Crippen MR) is 161 cm³/mol. The van der Waals surface area contributed by atoms with Crippen LogP contribution >= 0.6 is 7.44 Å². The Labute approximate surface area is 236 Å². The number of ether oxygens (including phenoxy) is 1. The Bertz CT molecular complexity index is 1550. The number of anilines is 2. The third-order valence-electron chi connectivity index (χ3n) is 9.66. The van der Waals surface area contributed by atoms with Crippen molar-refractivity contribution in [3.05, 3.63) is 107 Å². The Kier molecular flexibility index (Phi) is 6.20. The van der Waals surface area contributed by atoms with Gasteiger partial charge in [-0.1, -0.05) is 49.4 Å². The lowest BCUT2D eigenvalue weighted by molar-refractivity contribution is 0.106. The van der Waals surface area contributed by atoms with E-state index in [0.717, 1.165) is 54.8 Å². The molecule has 0 bridgehead atoms. The average Bonchev–Trinajstić information content (AvgIpc) is 3.30. The number of methoxy groups -OCH3 is 1. The summed E-state index contributed by atoms with van der Waals surface area (Å²) in [5, 5.41) is 15.8. The van der Waals surface area contributed by atoms with Crippen molar-refractivity contribution >= 4 is 24.3 Å². The molecule has 3 aliphatic rings. The summed E-state index contributed by atoms with van der Waals surface area (Å²) in [5.41, 5.74) is 7.30. The fourth-order valence-electron chi connectivity index (χ4n) is 7.86. The molecule has 4 aromatic rings. The first-order chi connectivity index (χ1) is 19.5. The van der Waals surface area contributed by atoms with Crippen LogP contribution < -0.4 is 20.3 Å². The first kappa shape index (κ1) is 25.3. The monoisotopic (exact) mass is 550 g/mol. The minimum atomic E-state index is -3.45. The zero-order chi connectivity index (χ0) is 27.3. The van der Waals surface area contributed by atoms with Crippen LogP contribution in [-0.2, 0) is 22.8 Å². The van der Waals surface area contributed by atoms with E-state index in [-0.39, 0.29) is 5.41 Å². The van der Waals surface area contributed by atoms with Gasteiger partial charge < -0.3 is 14.9 Å². The molecule has 0 unspecified atom stereocenters. The summed E-state index contributed by atoms with van der Waals surface area (Å²) >= 11 is 0. The van der Waals surface area contributed by atoms with E-state index in [2.05, 4.69) is 45.5 Å². The number of aryl methyl sites for hydroxylation is 1. The highest BCUT2D eigenvalue weighted by Gasteiger charge is 2.55. The summed E-state index contributed by atoms with van der Waals surface area (Å²) in [6, 6.07) is 26.1. The van der Waals surface area contributed by atoms with Crippen LogP contribution in [-0.4, -0.2) is 17.3 Å². The minimum Gasteiger partial charge on any atom is -0.497 e. The standard InChI is InChI=1S/C33H35N4O2P/c1-33-18-17-28-27-16-14-26(39-2)19-22(27)13-15-29(28)30(33)20-23-21-34-35-32(31(23)33)40(38,36-24-9-5-3-6-10-24)37-25-11-7-4-8-12-25/h3-12,14,16,19,21,28-30H,13,15,17-18,20H2,1-2H3,(H2,36,37,38)/t28-,29-,30+,33+/m1/s1. The van der Waals surface area contributed by atoms with Gasteiger partial charge in [-0.2, -0.15) is 5.10 Å². The van der Waals surface area contributed by atoms with Gasteiger partial charge in [-0.15, -0.1) is 5.10 Å². The number of para-hydroxylation sites is 2. The Morgan fingerprint density at radius 1 is 0.925 bits per heavy atom. The summed E-state index contributed by atoms with van der Waals surface area (Å²) in [6.07, 6.45) is 7.26. The molecule has 3 aliphatic carbocycles. The number of aromatic nitrogens is 2. The highest BCUT2D eigenvalue weighted by Crippen LogP contribution is 2.61. The second kappa shape index (κ2) is 9.78. The lowest BCUT2D eigenvalue weighted by atomic mass is 9.55. The molecule has 204 valence electrons. The van der Waals surface area contributed by atoms with Gasteiger partial charge in [0.1, 0.15) is 5.75 Å². The van der Waals surface area contributed by atoms with E-state index < -0.39 is 7.44 Å². The molecule has 0 aliphatic heterocycles. The van der Waals surface area contributed by atoms with E-state index >= 15 is 4.57 Å². The molecule has 7 heteroatoms. The molecule has 1 heterocycles. The lowest BCUT2D eigenvalue weighted by Crippen LogP contribution is -2.45. The second-order valence-electron chi connectivity index (χ2n) is 11.8. The maximum absolute atomic E-state index is 15.1. The van der Waals surface area contributed by atoms with Gasteiger partial charge in [-0.3, -0.25) is 4.57 Å². The summed E-state index contributed by atoms with van der Waals surface area (Å²) in [6.45, 7) is 2.39. The minimum absolute atomic E-state index is 0.113. The van der Waals surface area contributed by atoms with Gasteiger partial charge in [-0.25, -0.2) is 0 Å². The molecular weight excluding hydrogens is 515 g/mol. The normalized spacial score (nSPS) is 24.7. The maximum Gasteiger partial charge on any atom is 0.307 e. The number of hydrogen-bond acceptors (Lipinski definition) is 4. The largest absolute Gasteiger partial charge is 0.497 e. The third kappa shape index (κ3) is 4.12. The van der Waals surface area contributed by atoms with Crippen molar-refractivity contribution in [2.45, 2.75) is 50.4 Å². The van der Waals surface area contributed by atoms with Crippen LogP contribution in [0.15, 0.2) is 85.1 Å². The fourth-order valence-corrected chi connectivity index (χ4v) is 10.0. The summed E-state index contributed by atoms with van der Waals surface area (Å²) in [7, 11) is -1.71. The zero-order valence-electron chi connectivity index (χ0n) is 23.0. The molecule has 0 saturated heterocycles.